The Morgan fingerprint density at radius 2 is 1.60 bits per heavy atom. The molecule has 6 heteroatoms. The molecule has 3 rings (SSSR count). The summed E-state index contributed by atoms with van der Waals surface area (Å²) in [7, 11) is 1.42. The van der Waals surface area contributed by atoms with Gasteiger partial charge in [0.2, 0.25) is 5.88 Å². The summed E-state index contributed by atoms with van der Waals surface area (Å²) in [6.07, 6.45) is 1.29. The first kappa shape index (κ1) is 16.4. The van der Waals surface area contributed by atoms with Crippen LogP contribution in [-0.2, 0) is 13.6 Å². The lowest BCUT2D eigenvalue weighted by molar-refractivity contribution is 0.408. The second kappa shape index (κ2) is 7.00. The van der Waals surface area contributed by atoms with E-state index in [0.717, 1.165) is 14.7 Å². The summed E-state index contributed by atoms with van der Waals surface area (Å²) < 4.78 is 2.12. The van der Waals surface area contributed by atoms with E-state index in [1.165, 1.54) is 13.3 Å². The number of benzene rings is 2. The third-order valence-electron chi connectivity index (χ3n) is 3.83. The summed E-state index contributed by atoms with van der Waals surface area (Å²) in [5, 5.41) is 10.2. The summed E-state index contributed by atoms with van der Waals surface area (Å²) >= 11 is 0. The number of aromatic nitrogens is 2. The van der Waals surface area contributed by atoms with Crippen LogP contribution in [0.15, 0.2) is 75.2 Å². The number of hydrogen-bond acceptors (Lipinski definition) is 4. The first-order valence-electron chi connectivity index (χ1n) is 7.74. The molecule has 6 nitrogen and oxygen atoms in total. The third-order valence-corrected chi connectivity index (χ3v) is 3.83. The fourth-order valence-electron chi connectivity index (χ4n) is 2.45. The smallest absolute Gasteiger partial charge is 0.333 e. The van der Waals surface area contributed by atoms with Crippen LogP contribution < -0.4 is 11.2 Å². The van der Waals surface area contributed by atoms with Crippen molar-refractivity contribution < 1.29 is 5.11 Å². The van der Waals surface area contributed by atoms with Crippen LogP contribution in [-0.4, -0.2) is 20.5 Å². The van der Waals surface area contributed by atoms with E-state index in [0.29, 0.717) is 5.69 Å². The molecule has 3 aromatic rings. The number of aliphatic imine (C=N–C) groups is 1. The summed E-state index contributed by atoms with van der Waals surface area (Å²) in [4.78, 5) is 29.3. The maximum atomic E-state index is 12.7. The van der Waals surface area contributed by atoms with Gasteiger partial charge < -0.3 is 5.11 Å². The number of aromatic hydroxyl groups is 1. The van der Waals surface area contributed by atoms with Crippen LogP contribution in [0.5, 0.6) is 5.88 Å². The molecule has 1 heterocycles. The van der Waals surface area contributed by atoms with Gasteiger partial charge in [-0.2, -0.15) is 0 Å². The van der Waals surface area contributed by atoms with Crippen LogP contribution in [0.3, 0.4) is 0 Å². The molecular formula is C19H17N3O3. The molecule has 1 N–H and O–H groups in total. The number of nitrogens with zero attached hydrogens (tertiary/aromatic N) is 3. The molecular weight excluding hydrogens is 318 g/mol. The van der Waals surface area contributed by atoms with E-state index >= 15 is 0 Å². The summed E-state index contributed by atoms with van der Waals surface area (Å²) in [6, 6.07) is 18.2. The lowest BCUT2D eigenvalue weighted by Crippen LogP contribution is -2.40. The zero-order chi connectivity index (χ0) is 17.8. The van der Waals surface area contributed by atoms with Crippen molar-refractivity contribution in [1.82, 2.24) is 9.13 Å². The van der Waals surface area contributed by atoms with Gasteiger partial charge in [-0.25, -0.2) is 4.79 Å². The van der Waals surface area contributed by atoms with Crippen molar-refractivity contribution in [2.75, 3.05) is 0 Å². The van der Waals surface area contributed by atoms with E-state index in [2.05, 4.69) is 4.99 Å². The van der Waals surface area contributed by atoms with Gasteiger partial charge in [-0.1, -0.05) is 48.5 Å². The topological polar surface area (TPSA) is 76.6 Å². The lowest BCUT2D eigenvalue weighted by Gasteiger charge is -2.11. The van der Waals surface area contributed by atoms with Crippen LogP contribution in [0.2, 0.25) is 0 Å². The first-order chi connectivity index (χ1) is 12.1. The van der Waals surface area contributed by atoms with E-state index < -0.39 is 17.1 Å². The fraction of sp³-hybridized carbons (Fsp3) is 0.105. The zero-order valence-corrected chi connectivity index (χ0v) is 13.7. The molecule has 0 atom stereocenters. The molecule has 0 radical (unpaired) electrons. The Balaban J connectivity index is 2.09. The first-order valence-corrected chi connectivity index (χ1v) is 7.74. The molecule has 0 aliphatic heterocycles. The Kier molecular flexibility index (Phi) is 4.61. The summed E-state index contributed by atoms with van der Waals surface area (Å²) in [5.74, 6) is -0.404. The van der Waals surface area contributed by atoms with Gasteiger partial charge in [0, 0.05) is 13.3 Å². The van der Waals surface area contributed by atoms with Crippen molar-refractivity contribution in [3.05, 3.63) is 92.6 Å². The maximum absolute atomic E-state index is 12.7. The van der Waals surface area contributed by atoms with Gasteiger partial charge in [0.05, 0.1) is 12.2 Å². The van der Waals surface area contributed by atoms with Gasteiger partial charge in [-0.05, 0) is 17.7 Å². The molecule has 0 saturated heterocycles. The van der Waals surface area contributed by atoms with Crippen LogP contribution in [0, 0.1) is 0 Å². The average Bonchev–Trinajstić information content (AvgIpc) is 2.65. The monoisotopic (exact) mass is 335 g/mol. The molecule has 0 aliphatic carbocycles. The average molecular weight is 335 g/mol. The van der Waals surface area contributed by atoms with Crippen molar-refractivity contribution in [2.45, 2.75) is 6.54 Å². The molecule has 0 aliphatic rings. The number of hydrogen-bond donors (Lipinski definition) is 1. The molecule has 0 unspecified atom stereocenters. The van der Waals surface area contributed by atoms with E-state index in [1.54, 1.807) is 12.1 Å². The Morgan fingerprint density at radius 1 is 1.00 bits per heavy atom. The lowest BCUT2D eigenvalue weighted by atomic mass is 10.2. The zero-order valence-electron chi connectivity index (χ0n) is 13.7. The van der Waals surface area contributed by atoms with E-state index in [9.17, 15) is 14.7 Å². The van der Waals surface area contributed by atoms with Gasteiger partial charge in [0.25, 0.3) is 5.56 Å². The van der Waals surface area contributed by atoms with Crippen molar-refractivity contribution in [1.29, 1.82) is 0 Å². The van der Waals surface area contributed by atoms with E-state index in [-0.39, 0.29) is 12.1 Å². The third kappa shape index (κ3) is 3.42. The highest BCUT2D eigenvalue weighted by Crippen LogP contribution is 2.12. The highest BCUT2D eigenvalue weighted by atomic mass is 16.3. The number of rotatable bonds is 4. The van der Waals surface area contributed by atoms with Gasteiger partial charge in [0.15, 0.2) is 0 Å². The largest absolute Gasteiger partial charge is 0.494 e. The van der Waals surface area contributed by atoms with E-state index in [1.807, 2.05) is 48.5 Å². The van der Waals surface area contributed by atoms with Gasteiger partial charge in [0.1, 0.15) is 5.56 Å². The predicted octanol–water partition coefficient (Wildman–Crippen LogP) is 2.05. The summed E-state index contributed by atoms with van der Waals surface area (Å²) in [6.45, 7) is 0.124. The molecule has 0 bridgehead atoms. The minimum atomic E-state index is -0.580. The van der Waals surface area contributed by atoms with Gasteiger partial charge in [-0.15, -0.1) is 0 Å². The molecule has 0 amide bonds. The quantitative estimate of drug-likeness (QED) is 0.741. The predicted molar refractivity (Wildman–Crippen MR) is 96.8 cm³/mol. The highest BCUT2D eigenvalue weighted by molar-refractivity contribution is 5.84. The molecule has 0 fully saturated rings. The fourth-order valence-corrected chi connectivity index (χ4v) is 2.45. The molecule has 25 heavy (non-hydrogen) atoms. The molecule has 126 valence electrons. The second-order valence-electron chi connectivity index (χ2n) is 5.55. The minimum absolute atomic E-state index is 0.0260. The van der Waals surface area contributed by atoms with Crippen LogP contribution >= 0.6 is 0 Å². The van der Waals surface area contributed by atoms with Gasteiger partial charge in [-0.3, -0.25) is 18.9 Å². The normalized spacial score (nSPS) is 11.1. The summed E-state index contributed by atoms with van der Waals surface area (Å²) in [5.41, 5.74) is 0.275. The Hall–Kier alpha value is -3.41. The Labute approximate surface area is 144 Å². The maximum Gasteiger partial charge on any atom is 0.333 e. The Morgan fingerprint density at radius 3 is 2.24 bits per heavy atom. The minimum Gasteiger partial charge on any atom is -0.494 e. The van der Waals surface area contributed by atoms with Crippen LogP contribution in [0.4, 0.5) is 5.69 Å². The van der Waals surface area contributed by atoms with Crippen molar-refractivity contribution >= 4 is 11.9 Å². The second-order valence-corrected chi connectivity index (χ2v) is 5.55. The standard InChI is InChI=1S/C19H17N3O3/c1-21-17(23)16(12-20-15-10-6-3-7-11-15)18(24)22(19(21)25)13-14-8-4-2-5-9-14/h2-12,23H,13H2,1H3. The molecule has 0 spiro atoms. The molecule has 0 saturated carbocycles. The molecule has 2 aromatic carbocycles. The number of para-hydroxylation sites is 1. The van der Waals surface area contributed by atoms with Crippen molar-refractivity contribution in [3.63, 3.8) is 0 Å². The van der Waals surface area contributed by atoms with Gasteiger partial charge >= 0.3 is 5.69 Å². The van der Waals surface area contributed by atoms with Crippen LogP contribution in [0.25, 0.3) is 0 Å². The van der Waals surface area contributed by atoms with Crippen molar-refractivity contribution in [3.8, 4) is 5.88 Å². The molecule has 1 aromatic heterocycles. The SMILES string of the molecule is Cn1c(O)c(C=Nc2ccccc2)c(=O)n(Cc2ccccc2)c1=O. The van der Waals surface area contributed by atoms with E-state index in [4.69, 9.17) is 0 Å². The Bertz CT molecular complexity index is 1020. The van der Waals surface area contributed by atoms with Crippen LogP contribution in [0.1, 0.15) is 11.1 Å². The van der Waals surface area contributed by atoms with Crippen molar-refractivity contribution in [2.24, 2.45) is 12.0 Å². The highest BCUT2D eigenvalue weighted by Gasteiger charge is 2.15.